The number of piperidine rings is 1. The Labute approximate surface area is 105 Å². The van der Waals surface area contributed by atoms with Crippen molar-refractivity contribution in [2.75, 3.05) is 37.7 Å². The van der Waals surface area contributed by atoms with Crippen molar-refractivity contribution in [3.8, 4) is 0 Å². The predicted molar refractivity (Wildman–Crippen MR) is 69.8 cm³/mol. The predicted octanol–water partition coefficient (Wildman–Crippen LogP) is 0.906. The van der Waals surface area contributed by atoms with Crippen molar-refractivity contribution in [1.82, 2.24) is 4.90 Å². The third-order valence-corrected chi connectivity index (χ3v) is 5.30. The molecule has 17 heavy (non-hydrogen) atoms. The summed E-state index contributed by atoms with van der Waals surface area (Å²) in [4.78, 5) is 2.34. The van der Waals surface area contributed by atoms with Gasteiger partial charge in [-0.25, -0.2) is 8.42 Å². The SMILES string of the molecule is CCS(=O)(=O)CCCN1CCCC(CCO)C1. The van der Waals surface area contributed by atoms with Gasteiger partial charge in [0.25, 0.3) is 0 Å². The van der Waals surface area contributed by atoms with Gasteiger partial charge in [0.15, 0.2) is 0 Å². The van der Waals surface area contributed by atoms with Gasteiger partial charge in [-0.15, -0.1) is 0 Å². The maximum absolute atomic E-state index is 11.4. The number of likely N-dealkylation sites (tertiary alicyclic amines) is 1. The van der Waals surface area contributed by atoms with Crippen LogP contribution < -0.4 is 0 Å². The van der Waals surface area contributed by atoms with Crippen LogP contribution in [0.3, 0.4) is 0 Å². The molecule has 1 aliphatic heterocycles. The Kier molecular flexibility index (Phi) is 6.44. The van der Waals surface area contributed by atoms with Crippen molar-refractivity contribution in [3.63, 3.8) is 0 Å². The molecule has 0 saturated carbocycles. The van der Waals surface area contributed by atoms with E-state index >= 15 is 0 Å². The van der Waals surface area contributed by atoms with E-state index in [0.29, 0.717) is 11.7 Å². The molecule has 0 aromatic heterocycles. The average Bonchev–Trinajstić information content (AvgIpc) is 2.30. The van der Waals surface area contributed by atoms with E-state index < -0.39 is 9.84 Å². The molecular formula is C12H25NO3S. The Morgan fingerprint density at radius 2 is 2.18 bits per heavy atom. The van der Waals surface area contributed by atoms with Crippen LogP contribution in [0.2, 0.25) is 0 Å². The summed E-state index contributed by atoms with van der Waals surface area (Å²) in [6.45, 7) is 4.94. The second-order valence-corrected chi connectivity index (χ2v) is 7.38. The summed E-state index contributed by atoms with van der Waals surface area (Å²) in [6, 6.07) is 0. The van der Waals surface area contributed by atoms with E-state index in [2.05, 4.69) is 4.90 Å². The zero-order valence-corrected chi connectivity index (χ0v) is 11.6. The van der Waals surface area contributed by atoms with Gasteiger partial charge in [0.05, 0.1) is 5.75 Å². The highest BCUT2D eigenvalue weighted by molar-refractivity contribution is 7.91. The molecule has 1 unspecified atom stereocenters. The molecule has 1 atom stereocenters. The van der Waals surface area contributed by atoms with E-state index in [1.807, 2.05) is 0 Å². The van der Waals surface area contributed by atoms with E-state index in [1.54, 1.807) is 6.92 Å². The fourth-order valence-electron chi connectivity index (χ4n) is 2.42. The van der Waals surface area contributed by atoms with Crippen molar-refractivity contribution in [2.24, 2.45) is 5.92 Å². The molecule has 0 bridgehead atoms. The maximum Gasteiger partial charge on any atom is 0.150 e. The largest absolute Gasteiger partial charge is 0.396 e. The summed E-state index contributed by atoms with van der Waals surface area (Å²) in [6.07, 6.45) is 3.99. The highest BCUT2D eigenvalue weighted by atomic mass is 32.2. The molecule has 4 nitrogen and oxygen atoms in total. The van der Waals surface area contributed by atoms with Crippen LogP contribution in [0.15, 0.2) is 0 Å². The second kappa shape index (κ2) is 7.34. The van der Waals surface area contributed by atoms with Crippen molar-refractivity contribution in [3.05, 3.63) is 0 Å². The summed E-state index contributed by atoms with van der Waals surface area (Å²) in [5.41, 5.74) is 0. The Hall–Kier alpha value is -0.130. The van der Waals surface area contributed by atoms with Crippen molar-refractivity contribution >= 4 is 9.84 Å². The number of sulfone groups is 1. The lowest BCUT2D eigenvalue weighted by Crippen LogP contribution is -2.37. The van der Waals surface area contributed by atoms with Gasteiger partial charge in [0.2, 0.25) is 0 Å². The fraction of sp³-hybridized carbons (Fsp3) is 1.00. The van der Waals surface area contributed by atoms with Gasteiger partial charge in [0, 0.05) is 18.9 Å². The van der Waals surface area contributed by atoms with Crippen molar-refractivity contribution in [1.29, 1.82) is 0 Å². The minimum atomic E-state index is -2.81. The van der Waals surface area contributed by atoms with E-state index in [4.69, 9.17) is 5.11 Å². The van der Waals surface area contributed by atoms with E-state index in [1.165, 1.54) is 12.8 Å². The summed E-state index contributed by atoms with van der Waals surface area (Å²) >= 11 is 0. The minimum absolute atomic E-state index is 0.250. The third kappa shape index (κ3) is 5.84. The lowest BCUT2D eigenvalue weighted by Gasteiger charge is -2.32. The zero-order valence-electron chi connectivity index (χ0n) is 10.8. The van der Waals surface area contributed by atoms with Crippen molar-refractivity contribution in [2.45, 2.75) is 32.6 Å². The van der Waals surface area contributed by atoms with Gasteiger partial charge >= 0.3 is 0 Å². The summed E-state index contributed by atoms with van der Waals surface area (Å²) in [5, 5.41) is 8.92. The molecular weight excluding hydrogens is 238 g/mol. The van der Waals surface area contributed by atoms with Crippen LogP contribution in [0, 0.1) is 5.92 Å². The third-order valence-electron chi connectivity index (χ3n) is 3.51. The minimum Gasteiger partial charge on any atom is -0.396 e. The summed E-state index contributed by atoms with van der Waals surface area (Å²) < 4.78 is 22.7. The standard InChI is InChI=1S/C12H25NO3S/c1-2-17(15,16)10-4-8-13-7-3-5-12(11-13)6-9-14/h12,14H,2-11H2,1H3. The molecule has 5 heteroatoms. The molecule has 102 valence electrons. The Bertz CT molecular complexity index is 301. The molecule has 1 saturated heterocycles. The quantitative estimate of drug-likeness (QED) is 0.741. The first-order valence-corrected chi connectivity index (χ1v) is 8.43. The number of hydrogen-bond acceptors (Lipinski definition) is 4. The Morgan fingerprint density at radius 1 is 1.41 bits per heavy atom. The molecule has 1 fully saturated rings. The first kappa shape index (κ1) is 14.9. The van der Waals surface area contributed by atoms with Crippen LogP contribution in [-0.4, -0.2) is 56.2 Å². The van der Waals surface area contributed by atoms with E-state index in [0.717, 1.165) is 32.5 Å². The zero-order chi connectivity index (χ0) is 12.7. The fourth-order valence-corrected chi connectivity index (χ4v) is 3.28. The van der Waals surface area contributed by atoms with Crippen LogP contribution in [0.1, 0.15) is 32.6 Å². The molecule has 0 aliphatic carbocycles. The molecule has 0 radical (unpaired) electrons. The monoisotopic (exact) mass is 263 g/mol. The van der Waals surface area contributed by atoms with Gasteiger partial charge in [-0.3, -0.25) is 0 Å². The van der Waals surface area contributed by atoms with Crippen molar-refractivity contribution < 1.29 is 13.5 Å². The first-order valence-electron chi connectivity index (χ1n) is 6.61. The maximum atomic E-state index is 11.4. The number of aliphatic hydroxyl groups is 1. The Balaban J connectivity index is 2.23. The highest BCUT2D eigenvalue weighted by Crippen LogP contribution is 2.19. The second-order valence-electron chi connectivity index (χ2n) is 4.91. The van der Waals surface area contributed by atoms with Crippen LogP contribution in [0.5, 0.6) is 0 Å². The number of hydrogen-bond donors (Lipinski definition) is 1. The summed E-state index contributed by atoms with van der Waals surface area (Å²) in [7, 11) is -2.81. The highest BCUT2D eigenvalue weighted by Gasteiger charge is 2.19. The molecule has 1 aliphatic rings. The van der Waals surface area contributed by atoms with Crippen LogP contribution in [0.25, 0.3) is 0 Å². The van der Waals surface area contributed by atoms with Gasteiger partial charge in [-0.1, -0.05) is 6.92 Å². The summed E-state index contributed by atoms with van der Waals surface area (Å²) in [5.74, 6) is 1.15. The number of rotatable bonds is 7. The molecule has 0 amide bonds. The van der Waals surface area contributed by atoms with Gasteiger partial charge in [-0.05, 0) is 44.7 Å². The van der Waals surface area contributed by atoms with Gasteiger partial charge < -0.3 is 10.0 Å². The molecule has 1 N–H and O–H groups in total. The number of aliphatic hydroxyl groups excluding tert-OH is 1. The normalized spacial score (nSPS) is 22.8. The molecule has 0 aromatic rings. The van der Waals surface area contributed by atoms with E-state index in [-0.39, 0.29) is 12.4 Å². The molecule has 1 rings (SSSR count). The first-order chi connectivity index (χ1) is 8.07. The van der Waals surface area contributed by atoms with Crippen LogP contribution >= 0.6 is 0 Å². The number of nitrogens with zero attached hydrogens (tertiary/aromatic N) is 1. The molecule has 1 heterocycles. The lowest BCUT2D eigenvalue weighted by molar-refractivity contribution is 0.148. The van der Waals surface area contributed by atoms with Gasteiger partial charge in [-0.2, -0.15) is 0 Å². The molecule has 0 spiro atoms. The lowest BCUT2D eigenvalue weighted by atomic mass is 9.95. The topological polar surface area (TPSA) is 57.6 Å². The van der Waals surface area contributed by atoms with E-state index in [9.17, 15) is 8.42 Å². The van der Waals surface area contributed by atoms with Crippen LogP contribution in [-0.2, 0) is 9.84 Å². The molecule has 0 aromatic carbocycles. The van der Waals surface area contributed by atoms with Crippen LogP contribution in [0.4, 0.5) is 0 Å². The van der Waals surface area contributed by atoms with Gasteiger partial charge in [0.1, 0.15) is 9.84 Å². The smallest absolute Gasteiger partial charge is 0.150 e. The average molecular weight is 263 g/mol. The Morgan fingerprint density at radius 3 is 2.82 bits per heavy atom.